The monoisotopic (exact) mass is 263 g/mol. The van der Waals surface area contributed by atoms with Crippen molar-refractivity contribution in [2.75, 3.05) is 11.9 Å². The second-order valence-corrected chi connectivity index (χ2v) is 5.38. The van der Waals surface area contributed by atoms with Crippen LogP contribution in [0.25, 0.3) is 0 Å². The minimum atomic E-state index is -0.282. The Labute approximate surface area is 113 Å². The van der Waals surface area contributed by atoms with Crippen molar-refractivity contribution in [2.45, 2.75) is 44.7 Å². The number of para-hydroxylation sites is 1. The zero-order valence-corrected chi connectivity index (χ0v) is 11.5. The summed E-state index contributed by atoms with van der Waals surface area (Å²) in [6.07, 6.45) is 3.99. The van der Waals surface area contributed by atoms with Gasteiger partial charge >= 0.3 is 0 Å². The van der Waals surface area contributed by atoms with E-state index in [-0.39, 0.29) is 16.7 Å². The fourth-order valence-corrected chi connectivity index (χ4v) is 2.85. The molecule has 0 amide bonds. The smallest absolute Gasteiger partial charge is 0.295 e. The van der Waals surface area contributed by atoms with E-state index in [1.165, 1.54) is 0 Å². The van der Waals surface area contributed by atoms with Crippen LogP contribution in [0.2, 0.25) is 0 Å². The van der Waals surface area contributed by atoms with Crippen molar-refractivity contribution in [3.05, 3.63) is 33.9 Å². The maximum absolute atomic E-state index is 11.2. The van der Waals surface area contributed by atoms with Crippen LogP contribution in [0, 0.1) is 17.0 Å². The van der Waals surface area contributed by atoms with Crippen LogP contribution in [0.3, 0.4) is 0 Å². The zero-order valence-electron chi connectivity index (χ0n) is 11.5. The van der Waals surface area contributed by atoms with Gasteiger partial charge in [-0.1, -0.05) is 12.1 Å². The number of nitrogens with two attached hydrogens (primary N) is 1. The van der Waals surface area contributed by atoms with E-state index in [2.05, 4.69) is 4.90 Å². The molecule has 0 aliphatic heterocycles. The molecule has 0 bridgehead atoms. The number of benzene rings is 1. The van der Waals surface area contributed by atoms with Gasteiger partial charge < -0.3 is 10.6 Å². The van der Waals surface area contributed by atoms with Gasteiger partial charge in [0.15, 0.2) is 0 Å². The van der Waals surface area contributed by atoms with Gasteiger partial charge in [0.2, 0.25) is 0 Å². The van der Waals surface area contributed by atoms with Crippen LogP contribution in [0.15, 0.2) is 18.2 Å². The van der Waals surface area contributed by atoms with Gasteiger partial charge in [0.05, 0.1) is 4.92 Å². The summed E-state index contributed by atoms with van der Waals surface area (Å²) in [7, 11) is 1.95. The van der Waals surface area contributed by atoms with Crippen molar-refractivity contribution in [3.8, 4) is 0 Å². The van der Waals surface area contributed by atoms with Crippen molar-refractivity contribution < 1.29 is 4.92 Å². The first kappa shape index (κ1) is 13.8. The maximum Gasteiger partial charge on any atom is 0.295 e. The number of nitro groups is 1. The van der Waals surface area contributed by atoms with Crippen molar-refractivity contribution in [1.82, 2.24) is 0 Å². The van der Waals surface area contributed by atoms with E-state index < -0.39 is 0 Å². The molecule has 2 rings (SSSR count). The molecule has 104 valence electrons. The highest BCUT2D eigenvalue weighted by atomic mass is 16.6. The van der Waals surface area contributed by atoms with Gasteiger partial charge in [-0.15, -0.1) is 0 Å². The fraction of sp³-hybridized carbons (Fsp3) is 0.571. The first-order valence-electron chi connectivity index (χ1n) is 6.73. The molecule has 1 aromatic carbocycles. The van der Waals surface area contributed by atoms with Crippen LogP contribution < -0.4 is 10.6 Å². The highest BCUT2D eigenvalue weighted by Crippen LogP contribution is 2.34. The summed E-state index contributed by atoms with van der Waals surface area (Å²) >= 11 is 0. The Morgan fingerprint density at radius 1 is 1.32 bits per heavy atom. The molecule has 0 radical (unpaired) electrons. The normalized spacial score (nSPS) is 23.1. The first-order chi connectivity index (χ1) is 9.00. The summed E-state index contributed by atoms with van der Waals surface area (Å²) in [6, 6.07) is 6.13. The minimum Gasteiger partial charge on any atom is -0.366 e. The average molecular weight is 263 g/mol. The highest BCUT2D eigenvalue weighted by Gasteiger charge is 2.27. The molecule has 0 saturated heterocycles. The van der Waals surface area contributed by atoms with Crippen LogP contribution in [0.1, 0.15) is 31.2 Å². The molecule has 0 heterocycles. The number of rotatable bonds is 3. The molecule has 5 heteroatoms. The molecule has 2 N–H and O–H groups in total. The van der Waals surface area contributed by atoms with E-state index in [1.54, 1.807) is 13.0 Å². The second kappa shape index (κ2) is 5.57. The molecule has 5 nitrogen and oxygen atoms in total. The third kappa shape index (κ3) is 2.87. The van der Waals surface area contributed by atoms with Crippen LogP contribution in [0.5, 0.6) is 0 Å². The van der Waals surface area contributed by atoms with Gasteiger partial charge in [-0.2, -0.15) is 0 Å². The van der Waals surface area contributed by atoms with Crippen molar-refractivity contribution in [1.29, 1.82) is 0 Å². The Morgan fingerprint density at radius 2 is 1.95 bits per heavy atom. The van der Waals surface area contributed by atoms with Crippen LogP contribution in [-0.2, 0) is 0 Å². The molecule has 0 aromatic heterocycles. The Morgan fingerprint density at radius 3 is 2.53 bits per heavy atom. The lowest BCUT2D eigenvalue weighted by Crippen LogP contribution is -2.39. The van der Waals surface area contributed by atoms with E-state index in [0.29, 0.717) is 17.3 Å². The topological polar surface area (TPSA) is 72.4 Å². The number of nitrogens with zero attached hydrogens (tertiary/aromatic N) is 2. The Kier molecular flexibility index (Phi) is 4.04. The summed E-state index contributed by atoms with van der Waals surface area (Å²) < 4.78 is 0. The van der Waals surface area contributed by atoms with Crippen molar-refractivity contribution in [3.63, 3.8) is 0 Å². The summed E-state index contributed by atoms with van der Waals surface area (Å²) in [5.41, 5.74) is 7.56. The first-order valence-corrected chi connectivity index (χ1v) is 6.73. The third-order valence-electron chi connectivity index (χ3n) is 4.07. The quantitative estimate of drug-likeness (QED) is 0.672. The SMILES string of the molecule is Cc1cccc(N(C)C2CCC(N)CC2)c1[N+](=O)[O-]. The van der Waals surface area contributed by atoms with E-state index in [0.717, 1.165) is 25.7 Å². The van der Waals surface area contributed by atoms with E-state index in [4.69, 9.17) is 5.73 Å². The molecule has 1 fully saturated rings. The van der Waals surface area contributed by atoms with Gasteiger partial charge in [-0.3, -0.25) is 10.1 Å². The molecule has 1 aliphatic rings. The molecule has 19 heavy (non-hydrogen) atoms. The van der Waals surface area contributed by atoms with Gasteiger partial charge in [0.1, 0.15) is 5.69 Å². The van der Waals surface area contributed by atoms with Crippen LogP contribution in [-0.4, -0.2) is 24.1 Å². The van der Waals surface area contributed by atoms with Gasteiger partial charge in [-0.25, -0.2) is 0 Å². The molecule has 1 aliphatic carbocycles. The second-order valence-electron chi connectivity index (χ2n) is 5.38. The van der Waals surface area contributed by atoms with Crippen molar-refractivity contribution in [2.24, 2.45) is 5.73 Å². The molecular weight excluding hydrogens is 242 g/mol. The lowest BCUT2D eigenvalue weighted by molar-refractivity contribution is -0.384. The number of hydrogen-bond acceptors (Lipinski definition) is 4. The Bertz CT molecular complexity index is 468. The van der Waals surface area contributed by atoms with E-state index in [9.17, 15) is 10.1 Å². The van der Waals surface area contributed by atoms with Gasteiger partial charge in [0.25, 0.3) is 5.69 Å². The Hall–Kier alpha value is -1.62. The minimum absolute atomic E-state index is 0.222. The van der Waals surface area contributed by atoms with Crippen LogP contribution in [0.4, 0.5) is 11.4 Å². The fourth-order valence-electron chi connectivity index (χ4n) is 2.85. The van der Waals surface area contributed by atoms with Crippen molar-refractivity contribution >= 4 is 11.4 Å². The standard InChI is InChI=1S/C14H21N3O2/c1-10-4-3-5-13(14(10)17(18)19)16(2)12-8-6-11(15)7-9-12/h3-5,11-12H,6-9,15H2,1-2H3. The summed E-state index contributed by atoms with van der Waals surface area (Å²) in [5, 5.41) is 11.2. The molecule has 0 unspecified atom stereocenters. The predicted octanol–water partition coefficient (Wildman–Crippen LogP) is 2.61. The number of anilines is 1. The summed E-state index contributed by atoms with van der Waals surface area (Å²) in [6.45, 7) is 1.78. The molecule has 0 spiro atoms. The third-order valence-corrected chi connectivity index (χ3v) is 4.07. The molecule has 1 aromatic rings. The zero-order chi connectivity index (χ0) is 14.0. The summed E-state index contributed by atoms with van der Waals surface area (Å²) in [5.74, 6) is 0. The van der Waals surface area contributed by atoms with Crippen LogP contribution >= 0.6 is 0 Å². The lowest BCUT2D eigenvalue weighted by Gasteiger charge is -2.34. The average Bonchev–Trinajstić information content (AvgIpc) is 2.38. The number of hydrogen-bond donors (Lipinski definition) is 1. The highest BCUT2D eigenvalue weighted by molar-refractivity contribution is 5.66. The van der Waals surface area contributed by atoms with Gasteiger partial charge in [-0.05, 0) is 38.7 Å². The largest absolute Gasteiger partial charge is 0.366 e. The maximum atomic E-state index is 11.2. The molecule has 0 atom stereocenters. The molecular formula is C14H21N3O2. The van der Waals surface area contributed by atoms with E-state index in [1.807, 2.05) is 19.2 Å². The Balaban J connectivity index is 2.26. The van der Waals surface area contributed by atoms with E-state index >= 15 is 0 Å². The predicted molar refractivity (Wildman–Crippen MR) is 76.5 cm³/mol. The molecule has 1 saturated carbocycles. The summed E-state index contributed by atoms with van der Waals surface area (Å²) in [4.78, 5) is 13.0. The lowest BCUT2D eigenvalue weighted by atomic mass is 9.90. The number of nitro benzene ring substituents is 1. The number of aryl methyl sites for hydroxylation is 1. The van der Waals surface area contributed by atoms with Gasteiger partial charge in [0, 0.05) is 24.7 Å².